The maximum Gasteiger partial charge on any atom is 0.162 e. The van der Waals surface area contributed by atoms with E-state index in [1.807, 2.05) is 54.6 Å². The minimum Gasteiger partial charge on any atom is -0.457 e. The van der Waals surface area contributed by atoms with E-state index in [0.29, 0.717) is 6.42 Å². The summed E-state index contributed by atoms with van der Waals surface area (Å²) in [6.45, 7) is 2.26. The van der Waals surface area contributed by atoms with E-state index in [9.17, 15) is 4.79 Å². The highest BCUT2D eigenvalue weighted by Gasteiger charge is 2.06. The molecule has 0 unspecified atom stereocenters. The van der Waals surface area contributed by atoms with E-state index in [1.54, 1.807) is 0 Å². The smallest absolute Gasteiger partial charge is 0.162 e. The van der Waals surface area contributed by atoms with Gasteiger partial charge in [-0.3, -0.25) is 4.79 Å². The van der Waals surface area contributed by atoms with Gasteiger partial charge in [0, 0.05) is 12.0 Å². The number of ketones is 1. The molecule has 2 aromatic carbocycles. The number of para-hydroxylation sites is 1. The summed E-state index contributed by atoms with van der Waals surface area (Å²) in [5, 5.41) is 0. The molecule has 2 rings (SSSR count). The van der Waals surface area contributed by atoms with Gasteiger partial charge in [0.25, 0.3) is 0 Å². The van der Waals surface area contributed by atoms with Crippen molar-refractivity contribution in [2.75, 3.05) is 0 Å². The minimum absolute atomic E-state index is 0.238. The number of carbonyl (C=O) groups excluding carboxylic acids is 1. The highest BCUT2D eigenvalue weighted by Crippen LogP contribution is 2.22. The van der Waals surface area contributed by atoms with E-state index in [2.05, 4.69) is 6.92 Å². The second kappa shape index (κ2) is 14.0. The molecule has 0 aliphatic carbocycles. The van der Waals surface area contributed by atoms with Crippen molar-refractivity contribution in [2.24, 2.45) is 0 Å². The summed E-state index contributed by atoms with van der Waals surface area (Å²) in [5.41, 5.74) is 0.785. The van der Waals surface area contributed by atoms with Crippen molar-refractivity contribution in [3.63, 3.8) is 0 Å². The number of Topliss-reactive ketones (excluding diaryl/α,β-unsaturated/α-hetero) is 1. The third-order valence-corrected chi connectivity index (χ3v) is 5.16. The van der Waals surface area contributed by atoms with Crippen LogP contribution in [-0.4, -0.2) is 5.78 Å². The van der Waals surface area contributed by atoms with Crippen molar-refractivity contribution in [3.05, 3.63) is 60.2 Å². The SMILES string of the molecule is CCCCCCCCCCCCCC(=O)c1ccc(Oc2ccccc2)cc1. The Kier molecular flexibility index (Phi) is 11.1. The molecule has 0 N–H and O–H groups in total. The van der Waals surface area contributed by atoms with Crippen molar-refractivity contribution in [2.45, 2.75) is 84.0 Å². The summed E-state index contributed by atoms with van der Waals surface area (Å²) in [5.74, 6) is 1.81. The highest BCUT2D eigenvalue weighted by atomic mass is 16.5. The Morgan fingerprint density at radius 2 is 1.14 bits per heavy atom. The zero-order valence-corrected chi connectivity index (χ0v) is 17.5. The van der Waals surface area contributed by atoms with E-state index in [4.69, 9.17) is 4.74 Å². The predicted octanol–water partition coefficient (Wildman–Crippen LogP) is 8.36. The van der Waals surface area contributed by atoms with E-state index in [0.717, 1.165) is 29.9 Å². The first-order valence-corrected chi connectivity index (χ1v) is 11.2. The molecule has 0 aliphatic rings. The molecule has 0 aromatic heterocycles. The number of hydrogen-bond acceptors (Lipinski definition) is 2. The van der Waals surface area contributed by atoms with Crippen LogP contribution in [0, 0.1) is 0 Å². The molecule has 0 spiro atoms. The van der Waals surface area contributed by atoms with Gasteiger partial charge in [-0.05, 0) is 42.8 Å². The summed E-state index contributed by atoms with van der Waals surface area (Å²) in [6, 6.07) is 17.2. The maximum atomic E-state index is 12.3. The molecule has 2 nitrogen and oxygen atoms in total. The molecule has 0 saturated carbocycles. The number of rotatable bonds is 15. The van der Waals surface area contributed by atoms with Gasteiger partial charge >= 0.3 is 0 Å². The fraction of sp³-hybridized carbons (Fsp3) is 0.500. The number of ether oxygens (including phenoxy) is 1. The highest BCUT2D eigenvalue weighted by molar-refractivity contribution is 5.96. The van der Waals surface area contributed by atoms with Gasteiger partial charge in [-0.25, -0.2) is 0 Å². The number of benzene rings is 2. The molecule has 2 heteroatoms. The van der Waals surface area contributed by atoms with Crippen LogP contribution >= 0.6 is 0 Å². The summed E-state index contributed by atoms with van der Waals surface area (Å²) in [6.07, 6.45) is 15.0. The molecule has 0 atom stereocenters. The zero-order valence-electron chi connectivity index (χ0n) is 17.5. The minimum atomic E-state index is 0.238. The van der Waals surface area contributed by atoms with Gasteiger partial charge in [-0.15, -0.1) is 0 Å². The van der Waals surface area contributed by atoms with Crippen molar-refractivity contribution in [1.29, 1.82) is 0 Å². The van der Waals surface area contributed by atoms with Gasteiger partial charge in [-0.2, -0.15) is 0 Å². The second-order valence-electron chi connectivity index (χ2n) is 7.65. The van der Waals surface area contributed by atoms with Crippen LogP contribution in [0.4, 0.5) is 0 Å². The van der Waals surface area contributed by atoms with Gasteiger partial charge in [0.15, 0.2) is 5.78 Å². The Labute approximate surface area is 171 Å². The van der Waals surface area contributed by atoms with E-state index in [-0.39, 0.29) is 5.78 Å². The van der Waals surface area contributed by atoms with Crippen LogP contribution in [0.25, 0.3) is 0 Å². The lowest BCUT2D eigenvalue weighted by Crippen LogP contribution is -1.98. The lowest BCUT2D eigenvalue weighted by Gasteiger charge is -2.06. The molecule has 0 radical (unpaired) electrons. The fourth-order valence-electron chi connectivity index (χ4n) is 3.43. The molecule has 28 heavy (non-hydrogen) atoms. The van der Waals surface area contributed by atoms with E-state index in [1.165, 1.54) is 57.8 Å². The Morgan fingerprint density at radius 1 is 0.643 bits per heavy atom. The van der Waals surface area contributed by atoms with Gasteiger partial charge in [0.1, 0.15) is 11.5 Å². The van der Waals surface area contributed by atoms with Gasteiger partial charge in [-0.1, -0.05) is 89.3 Å². The maximum absolute atomic E-state index is 12.3. The van der Waals surface area contributed by atoms with Crippen molar-refractivity contribution in [1.82, 2.24) is 0 Å². The Morgan fingerprint density at radius 3 is 1.71 bits per heavy atom. The van der Waals surface area contributed by atoms with Gasteiger partial charge in [0.2, 0.25) is 0 Å². The van der Waals surface area contributed by atoms with Crippen molar-refractivity contribution < 1.29 is 9.53 Å². The third-order valence-electron chi connectivity index (χ3n) is 5.16. The Bertz CT molecular complexity index is 646. The number of carbonyl (C=O) groups is 1. The number of unbranched alkanes of at least 4 members (excludes halogenated alkanes) is 10. The van der Waals surface area contributed by atoms with Gasteiger partial charge < -0.3 is 4.74 Å². The van der Waals surface area contributed by atoms with Crippen LogP contribution in [0.3, 0.4) is 0 Å². The number of hydrogen-bond donors (Lipinski definition) is 0. The first kappa shape index (κ1) is 22.2. The quantitative estimate of drug-likeness (QED) is 0.229. The van der Waals surface area contributed by atoms with E-state index >= 15 is 0 Å². The standard InChI is InChI=1S/C26H36O2/c1-2-3-4-5-6-7-8-9-10-11-15-18-26(27)23-19-21-25(22-20-23)28-24-16-13-12-14-17-24/h12-14,16-17,19-22H,2-11,15,18H2,1H3. The average Bonchev–Trinajstić information content (AvgIpc) is 2.73. The summed E-state index contributed by atoms with van der Waals surface area (Å²) in [4.78, 5) is 12.3. The summed E-state index contributed by atoms with van der Waals surface area (Å²) >= 11 is 0. The van der Waals surface area contributed by atoms with E-state index < -0.39 is 0 Å². The van der Waals surface area contributed by atoms with Crippen LogP contribution in [-0.2, 0) is 0 Å². The normalized spacial score (nSPS) is 10.8. The molecule has 0 amide bonds. The first-order valence-electron chi connectivity index (χ1n) is 11.2. The third kappa shape index (κ3) is 9.21. The first-order chi connectivity index (χ1) is 13.8. The molecule has 0 fully saturated rings. The molecule has 0 heterocycles. The Balaban J connectivity index is 1.54. The summed E-state index contributed by atoms with van der Waals surface area (Å²) in [7, 11) is 0. The van der Waals surface area contributed by atoms with Crippen molar-refractivity contribution >= 4 is 5.78 Å². The fourth-order valence-corrected chi connectivity index (χ4v) is 3.43. The monoisotopic (exact) mass is 380 g/mol. The van der Waals surface area contributed by atoms with Crippen LogP contribution in [0.2, 0.25) is 0 Å². The van der Waals surface area contributed by atoms with Crippen molar-refractivity contribution in [3.8, 4) is 11.5 Å². The summed E-state index contributed by atoms with van der Waals surface area (Å²) < 4.78 is 5.77. The average molecular weight is 381 g/mol. The molecule has 0 bridgehead atoms. The van der Waals surface area contributed by atoms with Crippen LogP contribution in [0.1, 0.15) is 94.3 Å². The molecule has 0 saturated heterocycles. The molecule has 2 aromatic rings. The second-order valence-corrected chi connectivity index (χ2v) is 7.65. The largest absolute Gasteiger partial charge is 0.457 e. The predicted molar refractivity (Wildman–Crippen MR) is 118 cm³/mol. The van der Waals surface area contributed by atoms with Crippen LogP contribution < -0.4 is 4.74 Å². The zero-order chi connectivity index (χ0) is 19.9. The topological polar surface area (TPSA) is 26.3 Å². The Hall–Kier alpha value is -2.09. The lowest BCUT2D eigenvalue weighted by molar-refractivity contribution is 0.0979. The molecule has 0 aliphatic heterocycles. The van der Waals surface area contributed by atoms with Crippen LogP contribution in [0.5, 0.6) is 11.5 Å². The van der Waals surface area contributed by atoms with Gasteiger partial charge in [0.05, 0.1) is 0 Å². The molecular weight excluding hydrogens is 344 g/mol. The lowest BCUT2D eigenvalue weighted by atomic mass is 10.0. The molecule has 152 valence electrons. The van der Waals surface area contributed by atoms with Crippen LogP contribution in [0.15, 0.2) is 54.6 Å². The molecular formula is C26H36O2.